The predicted molar refractivity (Wildman–Crippen MR) is 90.5 cm³/mol. The standard InChI is InChI=1S/C9H11N3O2S.C5H2BrN3/c1-2-14-9(13)8-11-6-3-4-15-7(6)5-12(8)10;6-4-2-8-3-9-5(4)1-7/h3-5,8H,2,10H2,1H3;2-3H. The molecule has 0 bridgehead atoms. The van der Waals surface area contributed by atoms with Gasteiger partial charge in [0.15, 0.2) is 5.69 Å². The lowest BCUT2D eigenvalue weighted by molar-refractivity contribution is -0.148. The number of aromatic nitrogens is 2. The summed E-state index contributed by atoms with van der Waals surface area (Å²) in [6.45, 7) is 2.08. The number of fused-ring (bicyclic) bond motifs is 1. The number of thiophene rings is 1. The number of hydrogen-bond donors (Lipinski definition) is 1. The van der Waals surface area contributed by atoms with Crippen molar-refractivity contribution in [2.45, 2.75) is 13.1 Å². The quantitative estimate of drug-likeness (QED) is 0.560. The van der Waals surface area contributed by atoms with Gasteiger partial charge in [0.2, 0.25) is 6.17 Å². The summed E-state index contributed by atoms with van der Waals surface area (Å²) in [5.41, 5.74) is 0.366. The van der Waals surface area contributed by atoms with E-state index in [1.807, 2.05) is 17.5 Å². The van der Waals surface area contributed by atoms with Crippen molar-refractivity contribution in [1.82, 2.24) is 15.0 Å². The first-order valence-corrected chi connectivity index (χ1v) is 8.42. The number of ether oxygens (including phenoxy) is 1. The van der Waals surface area contributed by atoms with Crippen molar-refractivity contribution in [3.8, 4) is 6.07 Å². The average Bonchev–Trinajstić information content (AvgIpc) is 3.02. The minimum absolute atomic E-state index is 0.329. The maximum Gasteiger partial charge on any atom is 0.353 e. The highest BCUT2D eigenvalue weighted by atomic mass is 79.9. The van der Waals surface area contributed by atoms with Crippen molar-refractivity contribution in [3.05, 3.63) is 44.0 Å². The van der Waals surface area contributed by atoms with E-state index >= 15 is 0 Å². The Kier molecular flexibility index (Phi) is 6.36. The third-order valence-electron chi connectivity index (χ3n) is 2.75. The number of esters is 1. The molecule has 3 rings (SSSR count). The molecule has 1 unspecified atom stereocenters. The van der Waals surface area contributed by atoms with Crippen molar-refractivity contribution < 1.29 is 9.53 Å². The molecule has 0 amide bonds. The highest BCUT2D eigenvalue weighted by Gasteiger charge is 2.24. The van der Waals surface area contributed by atoms with Crippen LogP contribution in [-0.4, -0.2) is 33.7 Å². The molecule has 0 aromatic carbocycles. The monoisotopic (exact) mass is 408 g/mol. The van der Waals surface area contributed by atoms with E-state index in [0.29, 0.717) is 16.8 Å². The zero-order chi connectivity index (χ0) is 17.5. The van der Waals surface area contributed by atoms with E-state index in [2.05, 4.69) is 30.9 Å². The molecule has 1 atom stereocenters. The maximum absolute atomic E-state index is 11.5. The molecule has 2 aromatic rings. The van der Waals surface area contributed by atoms with Gasteiger partial charge in [-0.25, -0.2) is 25.6 Å². The Morgan fingerprint density at radius 3 is 3.04 bits per heavy atom. The summed E-state index contributed by atoms with van der Waals surface area (Å²) < 4.78 is 6.46. The lowest BCUT2D eigenvalue weighted by Crippen LogP contribution is -2.48. The highest BCUT2D eigenvalue weighted by molar-refractivity contribution is 9.10. The second kappa shape index (κ2) is 8.49. The van der Waals surface area contributed by atoms with Gasteiger partial charge in [0, 0.05) is 12.4 Å². The number of nitrogens with zero attached hydrogens (tertiary/aromatic N) is 5. The lowest BCUT2D eigenvalue weighted by atomic mass is 10.4. The van der Waals surface area contributed by atoms with Gasteiger partial charge in [-0.15, -0.1) is 11.3 Å². The first kappa shape index (κ1) is 18.0. The van der Waals surface area contributed by atoms with E-state index in [0.717, 1.165) is 9.89 Å². The molecule has 3 heterocycles. The van der Waals surface area contributed by atoms with Gasteiger partial charge in [0.05, 0.1) is 21.0 Å². The minimum Gasteiger partial charge on any atom is -0.463 e. The molecule has 0 spiro atoms. The van der Waals surface area contributed by atoms with Crippen LogP contribution in [0.25, 0.3) is 6.20 Å². The normalized spacial score (nSPS) is 14.9. The lowest BCUT2D eigenvalue weighted by Gasteiger charge is -2.22. The van der Waals surface area contributed by atoms with Gasteiger partial charge < -0.3 is 4.74 Å². The fourth-order valence-corrected chi connectivity index (χ4v) is 2.78. The SMILES string of the molecule is CCOC(=O)C1N=c2ccsc2=CN1N.N#Cc1ncncc1Br. The molecule has 0 aliphatic carbocycles. The molecule has 2 aromatic heterocycles. The first-order chi connectivity index (χ1) is 11.6. The van der Waals surface area contributed by atoms with E-state index < -0.39 is 12.1 Å². The number of carbonyl (C=O) groups excluding carboxylic acids is 1. The van der Waals surface area contributed by atoms with E-state index in [1.165, 1.54) is 28.9 Å². The van der Waals surface area contributed by atoms with Gasteiger partial charge in [-0.2, -0.15) is 5.26 Å². The number of hydrazine groups is 1. The second-order valence-electron chi connectivity index (χ2n) is 4.33. The van der Waals surface area contributed by atoms with Crippen LogP contribution >= 0.6 is 27.3 Å². The number of carbonyl (C=O) groups is 1. The van der Waals surface area contributed by atoms with Crippen molar-refractivity contribution in [3.63, 3.8) is 0 Å². The molecule has 0 radical (unpaired) electrons. The highest BCUT2D eigenvalue weighted by Crippen LogP contribution is 2.09. The van der Waals surface area contributed by atoms with Crippen LogP contribution in [0.2, 0.25) is 0 Å². The fraction of sp³-hybridized carbons (Fsp3) is 0.214. The summed E-state index contributed by atoms with van der Waals surface area (Å²) in [6, 6.07) is 3.75. The summed E-state index contributed by atoms with van der Waals surface area (Å²) in [5.74, 6) is 5.25. The molecule has 1 aliphatic rings. The number of hydrogen-bond acceptors (Lipinski definition) is 9. The fourth-order valence-electron chi connectivity index (χ4n) is 1.71. The van der Waals surface area contributed by atoms with Crippen LogP contribution < -0.4 is 15.7 Å². The molecule has 0 saturated heterocycles. The third kappa shape index (κ3) is 4.35. The summed E-state index contributed by atoms with van der Waals surface area (Å²) in [6.07, 6.45) is 3.82. The van der Waals surface area contributed by atoms with Crippen molar-refractivity contribution in [2.75, 3.05) is 6.61 Å². The van der Waals surface area contributed by atoms with Crippen molar-refractivity contribution >= 4 is 39.4 Å². The summed E-state index contributed by atoms with van der Waals surface area (Å²) in [4.78, 5) is 23.1. The van der Waals surface area contributed by atoms with E-state index in [4.69, 9.17) is 15.8 Å². The maximum atomic E-state index is 11.5. The Hall–Kier alpha value is -2.35. The first-order valence-electron chi connectivity index (χ1n) is 6.75. The zero-order valence-corrected chi connectivity index (χ0v) is 15.0. The summed E-state index contributed by atoms with van der Waals surface area (Å²) in [7, 11) is 0. The van der Waals surface area contributed by atoms with E-state index in [9.17, 15) is 4.79 Å². The van der Waals surface area contributed by atoms with Crippen LogP contribution in [0.5, 0.6) is 0 Å². The topological polar surface area (TPSA) is 117 Å². The Bertz CT molecular complexity index is 878. The van der Waals surface area contributed by atoms with Gasteiger partial charge in [-0.1, -0.05) is 0 Å². The minimum atomic E-state index is -0.757. The van der Waals surface area contributed by atoms with Gasteiger partial charge in [0.1, 0.15) is 12.4 Å². The number of rotatable bonds is 2. The predicted octanol–water partition coefficient (Wildman–Crippen LogP) is 0.295. The molecule has 2 N–H and O–H groups in total. The summed E-state index contributed by atoms with van der Waals surface area (Å²) in [5, 5.41) is 12.3. The van der Waals surface area contributed by atoms with Crippen LogP contribution in [0.1, 0.15) is 12.6 Å². The Morgan fingerprint density at radius 1 is 1.62 bits per heavy atom. The van der Waals surface area contributed by atoms with Gasteiger partial charge in [-0.3, -0.25) is 5.01 Å². The molecule has 24 heavy (non-hydrogen) atoms. The number of halogens is 1. The molecule has 8 nitrogen and oxygen atoms in total. The largest absolute Gasteiger partial charge is 0.463 e. The van der Waals surface area contributed by atoms with Crippen molar-refractivity contribution in [2.24, 2.45) is 10.8 Å². The van der Waals surface area contributed by atoms with Crippen LogP contribution in [0.4, 0.5) is 0 Å². The third-order valence-corrected chi connectivity index (χ3v) is 4.18. The van der Waals surface area contributed by atoms with Gasteiger partial charge in [0.25, 0.3) is 0 Å². The molecule has 0 saturated carbocycles. The van der Waals surface area contributed by atoms with E-state index in [1.54, 1.807) is 13.1 Å². The number of nitrogens with two attached hydrogens (primary N) is 1. The summed E-state index contributed by atoms with van der Waals surface area (Å²) >= 11 is 4.64. The Balaban J connectivity index is 0.000000198. The Labute approximate surface area is 150 Å². The number of nitriles is 1. The molecule has 124 valence electrons. The van der Waals surface area contributed by atoms with Crippen LogP contribution in [0.15, 0.2) is 33.4 Å². The smallest absolute Gasteiger partial charge is 0.353 e. The molecular formula is C14H13BrN6O2S. The second-order valence-corrected chi connectivity index (χ2v) is 6.13. The molecule has 1 aliphatic heterocycles. The van der Waals surface area contributed by atoms with Crippen LogP contribution in [0, 0.1) is 11.3 Å². The van der Waals surface area contributed by atoms with Crippen LogP contribution in [0.3, 0.4) is 0 Å². The van der Waals surface area contributed by atoms with Crippen molar-refractivity contribution in [1.29, 1.82) is 5.26 Å². The average molecular weight is 409 g/mol. The van der Waals surface area contributed by atoms with Gasteiger partial charge >= 0.3 is 5.97 Å². The van der Waals surface area contributed by atoms with E-state index in [-0.39, 0.29) is 0 Å². The van der Waals surface area contributed by atoms with Gasteiger partial charge in [-0.05, 0) is 34.3 Å². The molecule has 10 heteroatoms. The molecular weight excluding hydrogens is 396 g/mol. The molecule has 0 fully saturated rings. The zero-order valence-electron chi connectivity index (χ0n) is 12.6. The van der Waals surface area contributed by atoms with Crippen LogP contribution in [-0.2, 0) is 9.53 Å². The Morgan fingerprint density at radius 2 is 2.42 bits per heavy atom.